The summed E-state index contributed by atoms with van der Waals surface area (Å²) in [5, 5.41) is 0. The van der Waals surface area contributed by atoms with Gasteiger partial charge in [0.2, 0.25) is 0 Å². The minimum atomic E-state index is -0.184. The molecule has 1 saturated heterocycles. The van der Waals surface area contributed by atoms with E-state index in [1.54, 1.807) is 12.1 Å². The van der Waals surface area contributed by atoms with E-state index >= 15 is 0 Å². The lowest BCUT2D eigenvalue weighted by atomic mass is 9.93. The summed E-state index contributed by atoms with van der Waals surface area (Å²) < 4.78 is 13.4. The fourth-order valence-electron chi connectivity index (χ4n) is 3.93. The maximum absolute atomic E-state index is 13.4. The standard InChI is InChI=1S/C24H26FN3/c25-22-11-9-20(10-12-22)21(18-23-6-4-5-13-26-23)19-27-14-16-28(17-15-27)24-7-2-1-3-8-24/h1-13,21H,14-19H2. The normalized spacial score (nSPS) is 16.1. The van der Waals surface area contributed by atoms with Crippen molar-refractivity contribution in [2.24, 2.45) is 0 Å². The van der Waals surface area contributed by atoms with Gasteiger partial charge >= 0.3 is 0 Å². The van der Waals surface area contributed by atoms with Gasteiger partial charge in [0.15, 0.2) is 0 Å². The highest BCUT2D eigenvalue weighted by Gasteiger charge is 2.22. The van der Waals surface area contributed by atoms with Crippen molar-refractivity contribution in [1.82, 2.24) is 9.88 Å². The van der Waals surface area contributed by atoms with Crippen molar-refractivity contribution in [3.05, 3.63) is 96.1 Å². The van der Waals surface area contributed by atoms with E-state index in [0.717, 1.165) is 44.8 Å². The van der Waals surface area contributed by atoms with E-state index in [2.05, 4.69) is 51.2 Å². The van der Waals surface area contributed by atoms with Gasteiger partial charge in [-0.25, -0.2) is 4.39 Å². The third-order valence-electron chi connectivity index (χ3n) is 5.50. The van der Waals surface area contributed by atoms with Crippen molar-refractivity contribution < 1.29 is 4.39 Å². The van der Waals surface area contributed by atoms with Gasteiger partial charge in [-0.3, -0.25) is 9.88 Å². The summed E-state index contributed by atoms with van der Waals surface area (Å²) in [5.41, 5.74) is 3.56. The lowest BCUT2D eigenvalue weighted by molar-refractivity contribution is 0.241. The van der Waals surface area contributed by atoms with Crippen LogP contribution in [0.3, 0.4) is 0 Å². The summed E-state index contributed by atoms with van der Waals surface area (Å²) in [6.45, 7) is 5.10. The fourth-order valence-corrected chi connectivity index (χ4v) is 3.93. The van der Waals surface area contributed by atoms with Crippen LogP contribution in [0.15, 0.2) is 79.0 Å². The monoisotopic (exact) mass is 375 g/mol. The highest BCUT2D eigenvalue weighted by atomic mass is 19.1. The zero-order valence-electron chi connectivity index (χ0n) is 16.0. The molecule has 28 heavy (non-hydrogen) atoms. The lowest BCUT2D eigenvalue weighted by Gasteiger charge is -2.37. The molecule has 0 saturated carbocycles. The zero-order chi connectivity index (χ0) is 19.2. The predicted molar refractivity (Wildman–Crippen MR) is 112 cm³/mol. The quantitative estimate of drug-likeness (QED) is 0.638. The smallest absolute Gasteiger partial charge is 0.123 e. The number of aromatic nitrogens is 1. The first-order valence-electron chi connectivity index (χ1n) is 9.95. The maximum atomic E-state index is 13.4. The zero-order valence-corrected chi connectivity index (χ0v) is 16.0. The van der Waals surface area contributed by atoms with Crippen LogP contribution < -0.4 is 4.90 Å². The third-order valence-corrected chi connectivity index (χ3v) is 5.50. The van der Waals surface area contributed by atoms with Crippen LogP contribution in [-0.2, 0) is 6.42 Å². The van der Waals surface area contributed by atoms with Crippen LogP contribution in [0.25, 0.3) is 0 Å². The number of piperazine rings is 1. The Morgan fingerprint density at radius 1 is 0.821 bits per heavy atom. The van der Waals surface area contributed by atoms with Crippen molar-refractivity contribution in [3.8, 4) is 0 Å². The molecule has 144 valence electrons. The molecule has 1 aromatic heterocycles. The molecule has 4 heteroatoms. The Bertz CT molecular complexity index is 844. The number of benzene rings is 2. The molecule has 1 unspecified atom stereocenters. The van der Waals surface area contributed by atoms with E-state index in [-0.39, 0.29) is 5.82 Å². The van der Waals surface area contributed by atoms with Crippen molar-refractivity contribution in [2.75, 3.05) is 37.6 Å². The minimum absolute atomic E-state index is 0.184. The topological polar surface area (TPSA) is 19.4 Å². The van der Waals surface area contributed by atoms with Gasteiger partial charge in [-0.1, -0.05) is 36.4 Å². The lowest BCUT2D eigenvalue weighted by Crippen LogP contribution is -2.47. The van der Waals surface area contributed by atoms with Crippen LogP contribution in [-0.4, -0.2) is 42.6 Å². The second-order valence-electron chi connectivity index (χ2n) is 7.40. The summed E-state index contributed by atoms with van der Waals surface area (Å²) in [6, 6.07) is 23.6. The van der Waals surface area contributed by atoms with Gasteiger partial charge < -0.3 is 4.90 Å². The number of hydrogen-bond donors (Lipinski definition) is 0. The molecule has 4 rings (SSSR count). The van der Waals surface area contributed by atoms with Gasteiger partial charge in [0.05, 0.1) is 0 Å². The minimum Gasteiger partial charge on any atom is -0.369 e. The molecule has 1 aliphatic rings. The number of hydrogen-bond acceptors (Lipinski definition) is 3. The Hall–Kier alpha value is -2.72. The predicted octanol–water partition coefficient (Wildman–Crippen LogP) is 4.37. The van der Waals surface area contributed by atoms with E-state index < -0.39 is 0 Å². The number of pyridine rings is 1. The van der Waals surface area contributed by atoms with Crippen molar-refractivity contribution in [1.29, 1.82) is 0 Å². The molecule has 1 atom stereocenters. The Morgan fingerprint density at radius 2 is 1.54 bits per heavy atom. The summed E-state index contributed by atoms with van der Waals surface area (Å²) in [6.07, 6.45) is 2.71. The molecule has 1 fully saturated rings. The molecule has 0 amide bonds. The van der Waals surface area contributed by atoms with E-state index in [1.165, 1.54) is 11.3 Å². The number of nitrogens with zero attached hydrogens (tertiary/aromatic N) is 3. The van der Waals surface area contributed by atoms with Crippen molar-refractivity contribution in [2.45, 2.75) is 12.3 Å². The maximum Gasteiger partial charge on any atom is 0.123 e. The van der Waals surface area contributed by atoms with Gasteiger partial charge in [0.25, 0.3) is 0 Å². The Labute approximate surface area is 166 Å². The van der Waals surface area contributed by atoms with Crippen LogP contribution in [0.1, 0.15) is 17.2 Å². The number of rotatable bonds is 6. The summed E-state index contributed by atoms with van der Waals surface area (Å²) in [5.74, 6) is 0.121. The van der Waals surface area contributed by atoms with Gasteiger partial charge in [-0.2, -0.15) is 0 Å². The van der Waals surface area contributed by atoms with Crippen LogP contribution in [0.2, 0.25) is 0 Å². The molecule has 3 nitrogen and oxygen atoms in total. The van der Waals surface area contributed by atoms with Crippen LogP contribution >= 0.6 is 0 Å². The van der Waals surface area contributed by atoms with E-state index in [9.17, 15) is 4.39 Å². The van der Waals surface area contributed by atoms with Crippen LogP contribution in [0, 0.1) is 5.82 Å². The van der Waals surface area contributed by atoms with E-state index in [0.29, 0.717) is 5.92 Å². The molecule has 1 aliphatic heterocycles. The third kappa shape index (κ3) is 4.76. The molecule has 3 aromatic rings. The molecule has 0 N–H and O–H groups in total. The molecule has 2 aromatic carbocycles. The van der Waals surface area contributed by atoms with E-state index in [1.807, 2.05) is 30.5 Å². The molecule has 0 aliphatic carbocycles. The molecule has 2 heterocycles. The highest BCUT2D eigenvalue weighted by Crippen LogP contribution is 2.23. The summed E-state index contributed by atoms with van der Waals surface area (Å²) in [7, 11) is 0. The van der Waals surface area contributed by atoms with Crippen molar-refractivity contribution >= 4 is 5.69 Å². The van der Waals surface area contributed by atoms with Gasteiger partial charge in [-0.15, -0.1) is 0 Å². The summed E-state index contributed by atoms with van der Waals surface area (Å²) >= 11 is 0. The molecular weight excluding hydrogens is 349 g/mol. The van der Waals surface area contributed by atoms with Crippen LogP contribution in [0.5, 0.6) is 0 Å². The van der Waals surface area contributed by atoms with Gasteiger partial charge in [0.1, 0.15) is 5.82 Å². The average Bonchev–Trinajstić information content (AvgIpc) is 2.76. The molecular formula is C24H26FN3. The molecule has 0 radical (unpaired) electrons. The number of anilines is 1. The van der Waals surface area contributed by atoms with Crippen LogP contribution in [0.4, 0.5) is 10.1 Å². The number of halogens is 1. The van der Waals surface area contributed by atoms with E-state index in [4.69, 9.17) is 0 Å². The first kappa shape index (κ1) is 18.6. The SMILES string of the molecule is Fc1ccc(C(Cc2ccccn2)CN2CCN(c3ccccc3)CC2)cc1. The van der Waals surface area contributed by atoms with Gasteiger partial charge in [0, 0.05) is 56.2 Å². The highest BCUT2D eigenvalue weighted by molar-refractivity contribution is 5.46. The first-order chi connectivity index (χ1) is 13.8. The van der Waals surface area contributed by atoms with Crippen molar-refractivity contribution in [3.63, 3.8) is 0 Å². The summed E-state index contributed by atoms with van der Waals surface area (Å²) in [4.78, 5) is 9.48. The molecule has 0 bridgehead atoms. The molecule has 0 spiro atoms. The Morgan fingerprint density at radius 3 is 2.21 bits per heavy atom. The second-order valence-corrected chi connectivity index (χ2v) is 7.40. The number of para-hydroxylation sites is 1. The Balaban J connectivity index is 1.43. The Kier molecular flexibility index (Phi) is 5.98. The fraction of sp³-hybridized carbons (Fsp3) is 0.292. The second kappa shape index (κ2) is 8.98. The first-order valence-corrected chi connectivity index (χ1v) is 9.95. The largest absolute Gasteiger partial charge is 0.369 e. The van der Waals surface area contributed by atoms with Gasteiger partial charge in [-0.05, 0) is 48.4 Å². The average molecular weight is 375 g/mol.